The minimum absolute atomic E-state index is 0.297. The monoisotopic (exact) mass is 371 g/mol. The summed E-state index contributed by atoms with van der Waals surface area (Å²) in [5.74, 6) is 1.37. The van der Waals surface area contributed by atoms with Crippen molar-refractivity contribution in [2.24, 2.45) is 0 Å². The number of hydroxylamine groups is 1. The van der Waals surface area contributed by atoms with Crippen LogP contribution in [-0.2, 0) is 13.0 Å². The van der Waals surface area contributed by atoms with E-state index in [0.29, 0.717) is 18.2 Å². The zero-order valence-corrected chi connectivity index (χ0v) is 16.3. The Balaban J connectivity index is 1.83. The van der Waals surface area contributed by atoms with Crippen LogP contribution in [0.2, 0.25) is 0 Å². The molecule has 1 saturated carbocycles. The Morgan fingerprint density at radius 3 is 2.65 bits per heavy atom. The van der Waals surface area contributed by atoms with Gasteiger partial charge in [0.05, 0.1) is 5.69 Å². The van der Waals surface area contributed by atoms with E-state index in [4.69, 9.17) is 4.74 Å². The lowest BCUT2D eigenvalue weighted by Gasteiger charge is -2.19. The number of ether oxygens (including phenoxy) is 1. The molecule has 0 aromatic heterocycles. The van der Waals surface area contributed by atoms with Crippen molar-refractivity contribution in [1.82, 2.24) is 0 Å². The highest BCUT2D eigenvalue weighted by molar-refractivity contribution is 8.13. The van der Waals surface area contributed by atoms with Crippen molar-refractivity contribution in [1.29, 1.82) is 0 Å². The van der Waals surface area contributed by atoms with Gasteiger partial charge in [-0.05, 0) is 67.2 Å². The molecule has 0 bridgehead atoms. The number of anilines is 1. The zero-order valence-electron chi connectivity index (χ0n) is 15.5. The molecule has 138 valence electrons. The molecule has 3 rings (SSSR count). The van der Waals surface area contributed by atoms with Gasteiger partial charge >= 0.3 is 5.24 Å². The van der Waals surface area contributed by atoms with E-state index < -0.39 is 5.24 Å². The van der Waals surface area contributed by atoms with Gasteiger partial charge in [-0.25, -0.2) is 0 Å². The first-order valence-corrected chi connectivity index (χ1v) is 10.2. The average molecular weight is 372 g/mol. The Bertz CT molecular complexity index is 802. The lowest BCUT2D eigenvalue weighted by atomic mass is 10.1. The van der Waals surface area contributed by atoms with Crippen LogP contribution < -0.4 is 9.80 Å². The topological polar surface area (TPSA) is 49.8 Å². The summed E-state index contributed by atoms with van der Waals surface area (Å²) < 4.78 is 5.99. The number of amides is 1. The Kier molecular flexibility index (Phi) is 5.89. The maximum absolute atomic E-state index is 12.0. The summed E-state index contributed by atoms with van der Waals surface area (Å²) in [5, 5.41) is 10.7. The number of benzene rings is 2. The molecule has 0 radical (unpaired) electrons. The van der Waals surface area contributed by atoms with E-state index in [9.17, 15) is 10.0 Å². The SMILES string of the molecule is CCc1ccc(OCc2ccc(C3CC3)cc2N(O)C(=O)SC)c(C)c1. The largest absolute Gasteiger partial charge is 0.489 e. The van der Waals surface area contributed by atoms with E-state index in [0.717, 1.165) is 40.1 Å². The fourth-order valence-electron chi connectivity index (χ4n) is 3.00. The first-order valence-electron chi connectivity index (χ1n) is 8.95. The second-order valence-corrected chi connectivity index (χ2v) is 7.44. The molecule has 4 nitrogen and oxygen atoms in total. The number of carbonyl (C=O) groups excluding carboxylic acids is 1. The van der Waals surface area contributed by atoms with E-state index in [2.05, 4.69) is 25.1 Å². The molecule has 0 saturated heterocycles. The molecule has 1 N–H and O–H groups in total. The number of nitrogens with zero attached hydrogens (tertiary/aromatic N) is 1. The van der Waals surface area contributed by atoms with Gasteiger partial charge in [0.15, 0.2) is 0 Å². The van der Waals surface area contributed by atoms with Gasteiger partial charge in [0.1, 0.15) is 12.4 Å². The molecule has 0 spiro atoms. The Morgan fingerprint density at radius 1 is 1.27 bits per heavy atom. The summed E-state index contributed by atoms with van der Waals surface area (Å²) in [7, 11) is 0. The molecule has 2 aromatic carbocycles. The number of carbonyl (C=O) groups is 1. The summed E-state index contributed by atoms with van der Waals surface area (Å²) in [6.07, 6.45) is 4.98. The van der Waals surface area contributed by atoms with Crippen molar-refractivity contribution < 1.29 is 14.7 Å². The van der Waals surface area contributed by atoms with Crippen LogP contribution in [-0.4, -0.2) is 16.7 Å². The van der Waals surface area contributed by atoms with Gasteiger partial charge in [0.2, 0.25) is 0 Å². The van der Waals surface area contributed by atoms with Crippen LogP contribution in [0, 0.1) is 6.92 Å². The number of hydrogen-bond donors (Lipinski definition) is 1. The van der Waals surface area contributed by atoms with Gasteiger partial charge < -0.3 is 4.74 Å². The first-order chi connectivity index (χ1) is 12.5. The number of rotatable bonds is 6. The quantitative estimate of drug-likeness (QED) is 0.523. The first kappa shape index (κ1) is 18.8. The summed E-state index contributed by atoms with van der Waals surface area (Å²) in [6, 6.07) is 12.1. The molecule has 1 aliphatic carbocycles. The van der Waals surface area contributed by atoms with E-state index in [1.807, 2.05) is 25.1 Å². The molecule has 0 atom stereocenters. The van der Waals surface area contributed by atoms with Crippen LogP contribution in [0.25, 0.3) is 0 Å². The third-order valence-electron chi connectivity index (χ3n) is 4.76. The van der Waals surface area contributed by atoms with Crippen LogP contribution in [0.15, 0.2) is 36.4 Å². The van der Waals surface area contributed by atoms with Crippen molar-refractivity contribution in [2.75, 3.05) is 11.3 Å². The smallest absolute Gasteiger partial charge is 0.309 e. The van der Waals surface area contributed by atoms with Gasteiger partial charge in [-0.2, -0.15) is 5.06 Å². The van der Waals surface area contributed by atoms with Crippen LogP contribution in [0.1, 0.15) is 47.9 Å². The third kappa shape index (κ3) is 4.22. The van der Waals surface area contributed by atoms with Crippen LogP contribution in [0.4, 0.5) is 10.5 Å². The zero-order chi connectivity index (χ0) is 18.7. The lowest BCUT2D eigenvalue weighted by Crippen LogP contribution is -2.24. The summed E-state index contributed by atoms with van der Waals surface area (Å²) >= 11 is 0.984. The van der Waals surface area contributed by atoms with Gasteiger partial charge in [-0.3, -0.25) is 10.0 Å². The molecular formula is C21H25NO3S. The summed E-state index contributed by atoms with van der Waals surface area (Å²) in [4.78, 5) is 12.0. The average Bonchev–Trinajstić information content (AvgIpc) is 3.51. The molecule has 1 fully saturated rings. The number of hydrogen-bond acceptors (Lipinski definition) is 4. The van der Waals surface area contributed by atoms with E-state index >= 15 is 0 Å². The third-order valence-corrected chi connectivity index (χ3v) is 5.29. The highest BCUT2D eigenvalue weighted by atomic mass is 32.2. The van der Waals surface area contributed by atoms with E-state index in [-0.39, 0.29) is 0 Å². The molecule has 0 heterocycles. The molecule has 0 aliphatic heterocycles. The van der Waals surface area contributed by atoms with Gasteiger partial charge in [-0.15, -0.1) is 0 Å². The molecule has 5 heteroatoms. The van der Waals surface area contributed by atoms with Crippen LogP contribution in [0.5, 0.6) is 5.75 Å². The minimum Gasteiger partial charge on any atom is -0.489 e. The second kappa shape index (κ2) is 8.14. The molecule has 0 unspecified atom stereocenters. The maximum Gasteiger partial charge on any atom is 0.309 e. The summed E-state index contributed by atoms with van der Waals surface area (Å²) in [6.45, 7) is 4.45. The normalized spacial score (nSPS) is 13.5. The fourth-order valence-corrected chi connectivity index (χ4v) is 3.28. The highest BCUT2D eigenvalue weighted by Crippen LogP contribution is 2.42. The van der Waals surface area contributed by atoms with Crippen molar-refractivity contribution in [3.63, 3.8) is 0 Å². The van der Waals surface area contributed by atoms with Gasteiger partial charge in [0.25, 0.3) is 0 Å². The minimum atomic E-state index is -0.400. The molecular weight excluding hydrogens is 346 g/mol. The predicted molar refractivity (Wildman–Crippen MR) is 106 cm³/mol. The van der Waals surface area contributed by atoms with Crippen LogP contribution in [0.3, 0.4) is 0 Å². The Hall–Kier alpha value is -1.98. The van der Waals surface area contributed by atoms with Gasteiger partial charge in [0, 0.05) is 5.56 Å². The van der Waals surface area contributed by atoms with E-state index in [1.165, 1.54) is 24.0 Å². The molecule has 1 aliphatic rings. The molecule has 2 aromatic rings. The fraction of sp³-hybridized carbons (Fsp3) is 0.381. The predicted octanol–water partition coefficient (Wildman–Crippen LogP) is 5.69. The molecule has 26 heavy (non-hydrogen) atoms. The Labute approximate surface area is 159 Å². The maximum atomic E-state index is 12.0. The van der Waals surface area contributed by atoms with Crippen molar-refractivity contribution in [2.45, 2.75) is 45.6 Å². The van der Waals surface area contributed by atoms with Crippen LogP contribution >= 0.6 is 11.8 Å². The number of thioether (sulfide) groups is 1. The Morgan fingerprint density at radius 2 is 2.04 bits per heavy atom. The number of aryl methyl sites for hydroxylation is 2. The van der Waals surface area contributed by atoms with E-state index in [1.54, 1.807) is 6.26 Å². The molecule has 1 amide bonds. The summed E-state index contributed by atoms with van der Waals surface area (Å²) in [5.41, 5.74) is 4.83. The van der Waals surface area contributed by atoms with Gasteiger partial charge in [-0.1, -0.05) is 43.0 Å². The van der Waals surface area contributed by atoms with Crippen molar-refractivity contribution >= 4 is 22.7 Å². The second-order valence-electron chi connectivity index (χ2n) is 6.69. The standard InChI is InChI=1S/C21H25NO3S/c1-4-15-5-10-20(14(2)11-15)25-13-18-9-8-17(16-6-7-16)12-19(18)22(24)21(23)26-3/h5,8-12,16,24H,4,6-7,13H2,1-3H3. The highest BCUT2D eigenvalue weighted by Gasteiger charge is 2.26. The lowest BCUT2D eigenvalue weighted by molar-refractivity contribution is 0.223. The van der Waals surface area contributed by atoms with Crippen molar-refractivity contribution in [3.05, 3.63) is 58.7 Å². The van der Waals surface area contributed by atoms with Crippen molar-refractivity contribution in [3.8, 4) is 5.75 Å².